The van der Waals surface area contributed by atoms with Crippen LogP contribution in [0.25, 0.3) is 21.3 Å². The van der Waals surface area contributed by atoms with E-state index in [0.717, 1.165) is 46.8 Å². The van der Waals surface area contributed by atoms with Crippen LogP contribution in [0.4, 0.5) is 0 Å². The number of aromatic amines is 1. The van der Waals surface area contributed by atoms with E-state index in [1.54, 1.807) is 11.3 Å². The number of benzene rings is 1. The molecule has 1 N–H and O–H groups in total. The molecule has 0 radical (unpaired) electrons. The Morgan fingerprint density at radius 2 is 1.93 bits per heavy atom. The maximum absolute atomic E-state index is 13.0. The minimum absolute atomic E-state index is 0.0206. The van der Waals surface area contributed by atoms with Crippen LogP contribution in [0.3, 0.4) is 0 Å². The van der Waals surface area contributed by atoms with Crippen LogP contribution in [-0.4, -0.2) is 40.5 Å². The molecule has 1 aliphatic rings. The molecule has 1 aliphatic heterocycles. The van der Waals surface area contributed by atoms with Crippen molar-refractivity contribution in [3.05, 3.63) is 50.9 Å². The Morgan fingerprint density at radius 1 is 1.23 bits per heavy atom. The first-order valence-corrected chi connectivity index (χ1v) is 11.3. The van der Waals surface area contributed by atoms with Crippen molar-refractivity contribution in [1.82, 2.24) is 14.9 Å². The average molecular weight is 426 g/mol. The molecule has 1 aromatic carbocycles. The molecule has 1 fully saturated rings. The molecule has 158 valence electrons. The van der Waals surface area contributed by atoms with E-state index in [1.807, 2.05) is 13.8 Å². The number of rotatable bonds is 5. The number of fused-ring (bicyclic) bond motifs is 1. The van der Waals surface area contributed by atoms with Crippen LogP contribution in [-0.2, 0) is 16.1 Å². The third-order valence-electron chi connectivity index (χ3n) is 5.71. The highest BCUT2D eigenvalue weighted by Gasteiger charge is 2.26. The van der Waals surface area contributed by atoms with Crippen molar-refractivity contribution >= 4 is 27.5 Å². The second-order valence-corrected chi connectivity index (χ2v) is 9.10. The molecule has 4 rings (SSSR count). The summed E-state index contributed by atoms with van der Waals surface area (Å²) in [5, 5.41) is 0.672. The second-order valence-electron chi connectivity index (χ2n) is 7.89. The summed E-state index contributed by atoms with van der Waals surface area (Å²) in [7, 11) is 0. The zero-order valence-corrected chi connectivity index (χ0v) is 18.5. The predicted molar refractivity (Wildman–Crippen MR) is 120 cm³/mol. The molecular formula is C23H27N3O3S. The lowest BCUT2D eigenvalue weighted by atomic mass is 9.97. The Hall–Kier alpha value is -2.51. The number of hydrogen-bond acceptors (Lipinski definition) is 6. The van der Waals surface area contributed by atoms with Gasteiger partial charge in [-0.2, -0.15) is 0 Å². The standard InChI is InChI=1S/C23H27N3O3S/c1-4-29-23(28)17-9-11-26(12-10-17)13-18-24-21(27)20-19(15(3)30-22(20)25-18)16-7-5-14(2)6-8-16/h5-8,17H,4,9-13H2,1-3H3,(H,24,25,27). The van der Waals surface area contributed by atoms with Crippen LogP contribution in [0.1, 0.15) is 36.0 Å². The summed E-state index contributed by atoms with van der Waals surface area (Å²) < 4.78 is 5.14. The van der Waals surface area contributed by atoms with E-state index in [2.05, 4.69) is 41.1 Å². The van der Waals surface area contributed by atoms with Crippen molar-refractivity contribution in [2.24, 2.45) is 5.92 Å². The summed E-state index contributed by atoms with van der Waals surface area (Å²) in [5.41, 5.74) is 3.13. The Bertz CT molecular complexity index is 1110. The van der Waals surface area contributed by atoms with Crippen LogP contribution in [0.15, 0.2) is 29.1 Å². The first kappa shape index (κ1) is 20.8. The smallest absolute Gasteiger partial charge is 0.309 e. The van der Waals surface area contributed by atoms with Gasteiger partial charge >= 0.3 is 5.97 Å². The summed E-state index contributed by atoms with van der Waals surface area (Å²) in [4.78, 5) is 36.8. The van der Waals surface area contributed by atoms with Gasteiger partial charge in [-0.05, 0) is 52.3 Å². The lowest BCUT2D eigenvalue weighted by Gasteiger charge is -2.30. The number of ether oxygens (including phenoxy) is 1. The summed E-state index contributed by atoms with van der Waals surface area (Å²) in [6, 6.07) is 8.25. The van der Waals surface area contributed by atoms with Crippen molar-refractivity contribution in [1.29, 1.82) is 0 Å². The number of aromatic nitrogens is 2. The molecule has 7 heteroatoms. The van der Waals surface area contributed by atoms with Gasteiger partial charge in [0, 0.05) is 10.4 Å². The first-order chi connectivity index (χ1) is 14.5. The minimum Gasteiger partial charge on any atom is -0.466 e. The fourth-order valence-corrected chi connectivity index (χ4v) is 5.17. The van der Waals surface area contributed by atoms with Gasteiger partial charge in [0.05, 0.1) is 24.5 Å². The number of hydrogen-bond donors (Lipinski definition) is 1. The van der Waals surface area contributed by atoms with Gasteiger partial charge < -0.3 is 9.72 Å². The number of thiophene rings is 1. The van der Waals surface area contributed by atoms with Gasteiger partial charge in [0.25, 0.3) is 5.56 Å². The Balaban J connectivity index is 1.54. The predicted octanol–water partition coefficient (Wildman–Crippen LogP) is 4.04. The summed E-state index contributed by atoms with van der Waals surface area (Å²) in [5.74, 6) is 0.564. The third kappa shape index (κ3) is 4.18. The van der Waals surface area contributed by atoms with Gasteiger partial charge in [0.15, 0.2) is 0 Å². The normalized spacial score (nSPS) is 15.6. The Morgan fingerprint density at radius 3 is 2.60 bits per heavy atom. The highest BCUT2D eigenvalue weighted by atomic mass is 32.1. The molecule has 0 saturated carbocycles. The van der Waals surface area contributed by atoms with Crippen molar-refractivity contribution in [2.45, 2.75) is 40.2 Å². The number of carbonyl (C=O) groups excluding carboxylic acids is 1. The number of nitrogens with one attached hydrogen (secondary N) is 1. The van der Waals surface area contributed by atoms with Gasteiger partial charge in [-0.1, -0.05) is 29.8 Å². The number of H-pyrrole nitrogens is 1. The molecule has 1 saturated heterocycles. The van der Waals surface area contributed by atoms with E-state index in [-0.39, 0.29) is 17.4 Å². The van der Waals surface area contributed by atoms with E-state index >= 15 is 0 Å². The Kier molecular flexibility index (Phi) is 6.01. The summed E-state index contributed by atoms with van der Waals surface area (Å²) >= 11 is 1.57. The summed E-state index contributed by atoms with van der Waals surface area (Å²) in [6.45, 7) is 8.53. The van der Waals surface area contributed by atoms with Crippen molar-refractivity contribution in [3.63, 3.8) is 0 Å². The molecule has 30 heavy (non-hydrogen) atoms. The second kappa shape index (κ2) is 8.70. The van der Waals surface area contributed by atoms with E-state index < -0.39 is 0 Å². The quantitative estimate of drug-likeness (QED) is 0.625. The van der Waals surface area contributed by atoms with E-state index in [9.17, 15) is 9.59 Å². The molecule has 0 spiro atoms. The van der Waals surface area contributed by atoms with Crippen molar-refractivity contribution in [3.8, 4) is 11.1 Å². The van der Waals surface area contributed by atoms with Crippen LogP contribution >= 0.6 is 11.3 Å². The molecule has 0 unspecified atom stereocenters. The monoisotopic (exact) mass is 425 g/mol. The molecule has 6 nitrogen and oxygen atoms in total. The topological polar surface area (TPSA) is 75.3 Å². The SMILES string of the molecule is CCOC(=O)C1CCN(Cc2nc3sc(C)c(-c4ccc(C)cc4)c3c(=O)[nH]2)CC1. The molecule has 0 aliphatic carbocycles. The molecule has 0 bridgehead atoms. The summed E-state index contributed by atoms with van der Waals surface area (Å²) in [6.07, 6.45) is 1.56. The van der Waals surface area contributed by atoms with Crippen LogP contribution in [0, 0.1) is 19.8 Å². The van der Waals surface area contributed by atoms with E-state index in [0.29, 0.717) is 24.4 Å². The van der Waals surface area contributed by atoms with Gasteiger partial charge in [0.1, 0.15) is 10.7 Å². The number of esters is 1. The number of aryl methyl sites for hydroxylation is 2. The van der Waals surface area contributed by atoms with Crippen molar-refractivity contribution in [2.75, 3.05) is 19.7 Å². The number of nitrogens with zero attached hydrogens (tertiary/aromatic N) is 2. The maximum Gasteiger partial charge on any atom is 0.309 e. The van der Waals surface area contributed by atoms with Crippen LogP contribution < -0.4 is 5.56 Å². The molecule has 0 atom stereocenters. The van der Waals surface area contributed by atoms with Crippen LogP contribution in [0.5, 0.6) is 0 Å². The number of carbonyl (C=O) groups is 1. The van der Waals surface area contributed by atoms with Crippen LogP contribution in [0.2, 0.25) is 0 Å². The zero-order valence-electron chi connectivity index (χ0n) is 17.7. The first-order valence-electron chi connectivity index (χ1n) is 10.4. The highest BCUT2D eigenvalue weighted by molar-refractivity contribution is 7.19. The zero-order chi connectivity index (χ0) is 21.3. The van der Waals surface area contributed by atoms with E-state index in [4.69, 9.17) is 9.72 Å². The van der Waals surface area contributed by atoms with Gasteiger partial charge in [-0.3, -0.25) is 14.5 Å². The highest BCUT2D eigenvalue weighted by Crippen LogP contribution is 2.35. The number of piperidine rings is 1. The largest absolute Gasteiger partial charge is 0.466 e. The molecule has 0 amide bonds. The molecule has 3 aromatic rings. The van der Waals surface area contributed by atoms with Gasteiger partial charge in [0.2, 0.25) is 0 Å². The average Bonchev–Trinajstić information content (AvgIpc) is 3.05. The lowest BCUT2D eigenvalue weighted by Crippen LogP contribution is -2.37. The fraction of sp³-hybridized carbons (Fsp3) is 0.435. The molecule has 3 heterocycles. The van der Waals surface area contributed by atoms with Gasteiger partial charge in [-0.15, -0.1) is 11.3 Å². The Labute approximate surface area is 179 Å². The van der Waals surface area contributed by atoms with Crippen molar-refractivity contribution < 1.29 is 9.53 Å². The fourth-order valence-electron chi connectivity index (χ4n) is 4.10. The minimum atomic E-state index is -0.0946. The molecule has 2 aromatic heterocycles. The third-order valence-corrected chi connectivity index (χ3v) is 6.71. The lowest BCUT2D eigenvalue weighted by molar-refractivity contribution is -0.149. The maximum atomic E-state index is 13.0. The molecular weight excluding hydrogens is 398 g/mol. The van der Waals surface area contributed by atoms with E-state index in [1.165, 1.54) is 5.56 Å². The number of likely N-dealkylation sites (tertiary alicyclic amines) is 1. The van der Waals surface area contributed by atoms with Gasteiger partial charge in [-0.25, -0.2) is 4.98 Å².